The molecule has 7 heteroatoms. The molecule has 2 aromatic rings. The molecule has 1 atom stereocenters. The summed E-state index contributed by atoms with van der Waals surface area (Å²) in [5.74, 6) is -0.880. The van der Waals surface area contributed by atoms with E-state index in [1.807, 2.05) is 36.4 Å². The molecule has 7 nitrogen and oxygen atoms in total. The molecule has 1 aromatic carbocycles. The lowest BCUT2D eigenvalue weighted by Gasteiger charge is -2.20. The van der Waals surface area contributed by atoms with Gasteiger partial charge in [0, 0.05) is 18.8 Å². The van der Waals surface area contributed by atoms with Gasteiger partial charge in [0.05, 0.1) is 5.69 Å². The van der Waals surface area contributed by atoms with Crippen molar-refractivity contribution >= 4 is 18.0 Å². The molecule has 1 aliphatic rings. The monoisotopic (exact) mass is 395 g/mol. The predicted octanol–water partition coefficient (Wildman–Crippen LogP) is 2.92. The number of carbonyl (C=O) groups is 2. The summed E-state index contributed by atoms with van der Waals surface area (Å²) in [6.45, 7) is 0.438. The van der Waals surface area contributed by atoms with E-state index >= 15 is 0 Å². The highest BCUT2D eigenvalue weighted by Gasteiger charge is 2.26. The van der Waals surface area contributed by atoms with Crippen molar-refractivity contribution in [3.63, 3.8) is 0 Å². The summed E-state index contributed by atoms with van der Waals surface area (Å²) in [4.78, 5) is 28.1. The van der Waals surface area contributed by atoms with Gasteiger partial charge >= 0.3 is 5.97 Å². The number of esters is 1. The van der Waals surface area contributed by atoms with E-state index in [9.17, 15) is 9.59 Å². The third-order valence-electron chi connectivity index (χ3n) is 4.83. The Bertz CT molecular complexity index is 831. The van der Waals surface area contributed by atoms with Gasteiger partial charge in [0.2, 0.25) is 0 Å². The first-order valence-corrected chi connectivity index (χ1v) is 9.71. The van der Waals surface area contributed by atoms with Crippen molar-refractivity contribution < 1.29 is 19.5 Å². The first-order valence-electron chi connectivity index (χ1n) is 9.71. The minimum atomic E-state index is -0.621. The molecule has 3 rings (SSSR count). The first kappa shape index (κ1) is 20.7. The van der Waals surface area contributed by atoms with E-state index in [1.165, 1.54) is 17.6 Å². The van der Waals surface area contributed by atoms with Crippen LogP contribution in [0.4, 0.5) is 0 Å². The van der Waals surface area contributed by atoms with E-state index in [0.717, 1.165) is 36.8 Å². The largest absolute Gasteiger partial charge is 0.461 e. The number of pyridine rings is 1. The number of amides is 1. The lowest BCUT2D eigenvalue weighted by molar-refractivity contribution is -0.151. The number of nitrogens with zero attached hydrogens (tertiary/aromatic N) is 1. The second kappa shape index (κ2) is 10.5. The van der Waals surface area contributed by atoms with Crippen molar-refractivity contribution in [2.24, 2.45) is 0 Å². The van der Waals surface area contributed by atoms with Gasteiger partial charge in [-0.05, 0) is 49.0 Å². The van der Waals surface area contributed by atoms with Gasteiger partial charge < -0.3 is 4.74 Å². The number of benzene rings is 1. The van der Waals surface area contributed by atoms with Crippen LogP contribution in [-0.2, 0) is 20.9 Å². The van der Waals surface area contributed by atoms with Crippen molar-refractivity contribution in [2.45, 2.75) is 44.4 Å². The zero-order valence-corrected chi connectivity index (χ0v) is 16.1. The van der Waals surface area contributed by atoms with Gasteiger partial charge in [-0.3, -0.25) is 20.3 Å². The predicted molar refractivity (Wildman–Crippen MR) is 108 cm³/mol. The van der Waals surface area contributed by atoms with E-state index in [0.29, 0.717) is 12.2 Å². The molecule has 0 aliphatic heterocycles. The molecule has 0 spiro atoms. The Labute approximate surface area is 169 Å². The number of ether oxygens (including phenoxy) is 1. The summed E-state index contributed by atoms with van der Waals surface area (Å²) in [5, 5.41) is 11.8. The number of hydrogen-bond acceptors (Lipinski definition) is 6. The van der Waals surface area contributed by atoms with E-state index < -0.39 is 11.9 Å². The fourth-order valence-electron chi connectivity index (χ4n) is 3.28. The average Bonchev–Trinajstić information content (AvgIpc) is 3.26. The number of hydroxylamine groups is 1. The number of nitrogens with one attached hydrogen (secondary N) is 2. The standard InChI is InChI=1S/C22H25N3O4/c26-20(25-28)13-12-18-11-10-16(14-23-18)15-24-21(17-6-2-1-3-7-17)22(27)29-19-8-4-5-9-19/h1-3,6-7,10-14,19,21,24,28H,4-5,8-9,15H2,(H,25,26)/t21-/m0/s1. The van der Waals surface area contributed by atoms with E-state index in [1.54, 1.807) is 12.3 Å². The molecule has 1 amide bonds. The van der Waals surface area contributed by atoms with Crippen LogP contribution < -0.4 is 10.8 Å². The van der Waals surface area contributed by atoms with Crippen LogP contribution in [0.25, 0.3) is 6.08 Å². The summed E-state index contributed by atoms with van der Waals surface area (Å²) < 4.78 is 5.72. The second-order valence-corrected chi connectivity index (χ2v) is 6.97. The van der Waals surface area contributed by atoms with Crippen LogP contribution in [0.5, 0.6) is 0 Å². The lowest BCUT2D eigenvalue weighted by Crippen LogP contribution is -2.32. The Morgan fingerprint density at radius 2 is 1.93 bits per heavy atom. The first-order chi connectivity index (χ1) is 14.2. The molecule has 1 aliphatic carbocycles. The van der Waals surface area contributed by atoms with Crippen molar-refractivity contribution in [1.82, 2.24) is 15.8 Å². The molecular weight excluding hydrogens is 370 g/mol. The summed E-state index contributed by atoms with van der Waals surface area (Å²) >= 11 is 0. The zero-order chi connectivity index (χ0) is 20.5. The third kappa shape index (κ3) is 6.23. The molecule has 3 N–H and O–H groups in total. The summed E-state index contributed by atoms with van der Waals surface area (Å²) in [7, 11) is 0. The molecule has 0 radical (unpaired) electrons. The molecule has 29 heavy (non-hydrogen) atoms. The fraction of sp³-hybridized carbons (Fsp3) is 0.318. The minimum absolute atomic E-state index is 0.0133. The van der Waals surface area contributed by atoms with Crippen molar-refractivity contribution in [1.29, 1.82) is 0 Å². The lowest BCUT2D eigenvalue weighted by atomic mass is 10.1. The number of carbonyl (C=O) groups excluding carboxylic acids is 2. The van der Waals surface area contributed by atoms with Gasteiger partial charge in [-0.25, -0.2) is 10.3 Å². The summed E-state index contributed by atoms with van der Waals surface area (Å²) in [5.41, 5.74) is 3.86. The molecule has 152 valence electrons. The maximum atomic E-state index is 12.8. The van der Waals surface area contributed by atoms with Gasteiger partial charge in [-0.2, -0.15) is 0 Å². The van der Waals surface area contributed by atoms with Gasteiger partial charge in [0.15, 0.2) is 0 Å². The van der Waals surface area contributed by atoms with Crippen LogP contribution in [0.1, 0.15) is 48.5 Å². The Hall–Kier alpha value is -3.03. The molecule has 1 heterocycles. The van der Waals surface area contributed by atoms with Crippen LogP contribution in [0.15, 0.2) is 54.7 Å². The Morgan fingerprint density at radius 3 is 2.59 bits per heavy atom. The Kier molecular flexibility index (Phi) is 7.49. The van der Waals surface area contributed by atoms with E-state index in [2.05, 4.69) is 10.3 Å². The molecule has 0 unspecified atom stereocenters. The number of rotatable bonds is 8. The van der Waals surface area contributed by atoms with Gasteiger partial charge in [-0.1, -0.05) is 36.4 Å². The molecule has 0 saturated heterocycles. The number of aromatic nitrogens is 1. The van der Waals surface area contributed by atoms with Crippen LogP contribution in [0.3, 0.4) is 0 Å². The topological polar surface area (TPSA) is 101 Å². The summed E-state index contributed by atoms with van der Waals surface area (Å²) in [6.07, 6.45) is 8.44. The smallest absolute Gasteiger partial charge is 0.328 e. The van der Waals surface area contributed by atoms with Crippen molar-refractivity contribution in [2.75, 3.05) is 0 Å². The average molecular weight is 395 g/mol. The van der Waals surface area contributed by atoms with Crippen LogP contribution in [0, 0.1) is 0 Å². The number of hydrogen-bond donors (Lipinski definition) is 3. The van der Waals surface area contributed by atoms with Crippen LogP contribution in [-0.4, -0.2) is 28.2 Å². The molecule has 0 bridgehead atoms. The van der Waals surface area contributed by atoms with Gasteiger partial charge in [0.25, 0.3) is 5.91 Å². The summed E-state index contributed by atoms with van der Waals surface area (Å²) in [6, 6.07) is 12.6. The highest BCUT2D eigenvalue weighted by molar-refractivity contribution is 5.90. The maximum absolute atomic E-state index is 12.8. The molecule has 1 saturated carbocycles. The maximum Gasteiger partial charge on any atom is 0.328 e. The SMILES string of the molecule is O=C(C=Cc1ccc(CN[C@H](C(=O)OC2CCCC2)c2ccccc2)cn1)NO. The highest BCUT2D eigenvalue weighted by atomic mass is 16.5. The Morgan fingerprint density at radius 1 is 1.17 bits per heavy atom. The third-order valence-corrected chi connectivity index (χ3v) is 4.83. The zero-order valence-electron chi connectivity index (χ0n) is 16.1. The van der Waals surface area contributed by atoms with Crippen LogP contribution in [0.2, 0.25) is 0 Å². The Balaban J connectivity index is 1.64. The highest BCUT2D eigenvalue weighted by Crippen LogP contribution is 2.24. The second-order valence-electron chi connectivity index (χ2n) is 6.97. The van der Waals surface area contributed by atoms with Gasteiger partial charge in [0.1, 0.15) is 12.1 Å². The molecular formula is C22H25N3O4. The van der Waals surface area contributed by atoms with Crippen molar-refractivity contribution in [3.8, 4) is 0 Å². The van der Waals surface area contributed by atoms with Crippen molar-refractivity contribution in [3.05, 3.63) is 71.6 Å². The molecule has 1 aromatic heterocycles. The van der Waals surface area contributed by atoms with Crippen LogP contribution >= 0.6 is 0 Å². The van der Waals surface area contributed by atoms with E-state index in [4.69, 9.17) is 9.94 Å². The minimum Gasteiger partial charge on any atom is -0.461 e. The normalized spacial score (nSPS) is 15.3. The quantitative estimate of drug-likeness (QED) is 0.275. The van der Waals surface area contributed by atoms with Gasteiger partial charge in [-0.15, -0.1) is 0 Å². The van der Waals surface area contributed by atoms with E-state index in [-0.39, 0.29) is 12.1 Å². The fourth-order valence-corrected chi connectivity index (χ4v) is 3.28. The molecule has 1 fully saturated rings.